The molecule has 0 amide bonds. The van der Waals surface area contributed by atoms with Crippen LogP contribution in [0.3, 0.4) is 0 Å². The Labute approximate surface area is 67.3 Å². The maximum absolute atomic E-state index is 2.34. The number of rotatable bonds is 0. The normalized spacial score (nSPS) is 14.8. The van der Waals surface area contributed by atoms with Crippen molar-refractivity contribution in [3.8, 4) is 0 Å². The predicted molar refractivity (Wildman–Crippen MR) is 51.0 cm³/mol. The first-order valence-electron chi connectivity index (χ1n) is 4.13. The summed E-state index contributed by atoms with van der Waals surface area (Å²) >= 11 is 0. The molecule has 1 aliphatic heterocycles. The van der Waals surface area contributed by atoms with Crippen molar-refractivity contribution in [2.75, 3.05) is 0 Å². The smallest absolute Gasteiger partial charge is 0.107 e. The summed E-state index contributed by atoms with van der Waals surface area (Å²) < 4.78 is 0. The summed E-state index contributed by atoms with van der Waals surface area (Å²) in [7, 11) is 0. The highest BCUT2D eigenvalue weighted by molar-refractivity contribution is 6.73. The van der Waals surface area contributed by atoms with E-state index in [1.165, 1.54) is 16.8 Å². The van der Waals surface area contributed by atoms with E-state index in [0.717, 1.165) is 0 Å². The first kappa shape index (κ1) is 6.72. The van der Waals surface area contributed by atoms with Gasteiger partial charge in [0.25, 0.3) is 0 Å². The molecule has 0 nitrogen and oxygen atoms in total. The lowest BCUT2D eigenvalue weighted by Crippen LogP contribution is -2.30. The quantitative estimate of drug-likeness (QED) is 0.472. The Morgan fingerprint density at radius 2 is 1.91 bits per heavy atom. The van der Waals surface area contributed by atoms with Gasteiger partial charge >= 0.3 is 0 Å². The minimum atomic E-state index is 0.713. The van der Waals surface area contributed by atoms with E-state index in [9.17, 15) is 0 Å². The molecule has 0 fully saturated rings. The highest BCUT2D eigenvalue weighted by Crippen LogP contribution is 1.96. The number of hydrogen-bond acceptors (Lipinski definition) is 0. The topological polar surface area (TPSA) is 0 Å². The Kier molecular flexibility index (Phi) is 1.57. The fourth-order valence-corrected chi connectivity index (χ4v) is 1.54. The number of hydrogen-bond donors (Lipinski definition) is 0. The van der Waals surface area contributed by atoms with Gasteiger partial charge in [-0.2, -0.15) is 0 Å². The van der Waals surface area contributed by atoms with Gasteiger partial charge in [-0.05, 0) is 10.4 Å². The molecule has 0 spiro atoms. The summed E-state index contributed by atoms with van der Waals surface area (Å²) in [6.07, 6.45) is 3.51. The van der Waals surface area contributed by atoms with Gasteiger partial charge in [-0.3, -0.25) is 0 Å². The van der Waals surface area contributed by atoms with Crippen LogP contribution in [0.25, 0.3) is 12.1 Å². The minimum Gasteiger partial charge on any atom is -0.107 e. The summed E-state index contributed by atoms with van der Waals surface area (Å²) in [4.78, 5) is 0. The second-order valence-electron chi connectivity index (χ2n) is 3.21. The van der Waals surface area contributed by atoms with E-state index < -0.39 is 0 Å². The van der Waals surface area contributed by atoms with E-state index in [4.69, 9.17) is 0 Å². The standard InChI is InChI=1S/C10H11B/c1-11-7-6-9-4-2-3-5-10(9)8-11/h2-6,8H,7H2,1H3. The van der Waals surface area contributed by atoms with E-state index in [0.29, 0.717) is 6.71 Å². The first-order chi connectivity index (χ1) is 5.36. The lowest BCUT2D eigenvalue weighted by Gasteiger charge is -2.03. The fraction of sp³-hybridized carbons (Fsp3) is 0.200. The van der Waals surface area contributed by atoms with Crippen LogP contribution in [0.2, 0.25) is 13.1 Å². The van der Waals surface area contributed by atoms with Gasteiger partial charge in [-0.25, -0.2) is 0 Å². The molecular weight excluding hydrogens is 131 g/mol. The molecule has 0 N–H and O–H groups in total. The summed E-state index contributed by atoms with van der Waals surface area (Å²) in [6, 6.07) is 8.56. The van der Waals surface area contributed by atoms with Gasteiger partial charge in [-0.15, -0.1) is 5.98 Å². The molecular formula is C10H11B. The summed E-state index contributed by atoms with van der Waals surface area (Å²) in [5.74, 6) is 2.34. The second kappa shape index (κ2) is 2.57. The van der Waals surface area contributed by atoms with Crippen LogP contribution in [0, 0.1) is 0 Å². The molecule has 0 unspecified atom stereocenters. The third-order valence-electron chi connectivity index (χ3n) is 2.17. The lowest BCUT2D eigenvalue weighted by molar-refractivity contribution is 1.49. The summed E-state index contributed by atoms with van der Waals surface area (Å²) in [5, 5.41) is 2.79. The van der Waals surface area contributed by atoms with Gasteiger partial charge in [-0.1, -0.05) is 43.5 Å². The van der Waals surface area contributed by atoms with Crippen LogP contribution in [0.4, 0.5) is 0 Å². The van der Waals surface area contributed by atoms with Gasteiger partial charge in [0.15, 0.2) is 6.71 Å². The van der Waals surface area contributed by atoms with E-state index in [1.807, 2.05) is 0 Å². The third-order valence-corrected chi connectivity index (χ3v) is 2.17. The van der Waals surface area contributed by atoms with Crippen LogP contribution in [0.5, 0.6) is 0 Å². The molecule has 2 rings (SSSR count). The van der Waals surface area contributed by atoms with Crippen molar-refractivity contribution in [2.45, 2.75) is 13.1 Å². The Hall–Kier alpha value is -0.975. The largest absolute Gasteiger partial charge is 0.167 e. The Morgan fingerprint density at radius 1 is 1.18 bits per heavy atom. The van der Waals surface area contributed by atoms with Crippen LogP contribution >= 0.6 is 0 Å². The molecule has 1 heteroatoms. The van der Waals surface area contributed by atoms with Gasteiger partial charge in [0, 0.05) is 0 Å². The number of fused-ring (bicyclic) bond motifs is 1. The molecule has 0 aromatic heterocycles. The van der Waals surface area contributed by atoms with Gasteiger partial charge in [0.1, 0.15) is 0 Å². The van der Waals surface area contributed by atoms with Gasteiger partial charge in [0.05, 0.1) is 0 Å². The fourth-order valence-electron chi connectivity index (χ4n) is 1.54. The zero-order valence-electron chi connectivity index (χ0n) is 6.75. The molecule has 1 aliphatic rings. The zero-order chi connectivity index (χ0) is 7.68. The van der Waals surface area contributed by atoms with E-state index in [2.05, 4.69) is 43.1 Å². The summed E-state index contributed by atoms with van der Waals surface area (Å²) in [6.45, 7) is 2.97. The molecule has 0 radical (unpaired) electrons. The Bertz CT molecular complexity index is 365. The maximum atomic E-state index is 2.34. The van der Waals surface area contributed by atoms with E-state index in [1.54, 1.807) is 0 Å². The molecule has 0 atom stereocenters. The maximum Gasteiger partial charge on any atom is 0.167 e. The number of benzene rings is 1. The lowest BCUT2D eigenvalue weighted by atomic mass is 9.48. The molecule has 11 heavy (non-hydrogen) atoms. The van der Waals surface area contributed by atoms with Crippen molar-refractivity contribution in [2.24, 2.45) is 0 Å². The SMILES string of the molecule is CB1C=c2ccccc2=CC1. The van der Waals surface area contributed by atoms with Crippen LogP contribution in [0.1, 0.15) is 0 Å². The second-order valence-corrected chi connectivity index (χ2v) is 3.21. The predicted octanol–water partition coefficient (Wildman–Crippen LogP) is 0.925. The Morgan fingerprint density at radius 3 is 2.73 bits per heavy atom. The van der Waals surface area contributed by atoms with E-state index >= 15 is 0 Å². The van der Waals surface area contributed by atoms with Crippen molar-refractivity contribution in [1.82, 2.24) is 0 Å². The van der Waals surface area contributed by atoms with Crippen LogP contribution < -0.4 is 10.4 Å². The van der Waals surface area contributed by atoms with E-state index in [-0.39, 0.29) is 0 Å². The molecule has 1 aromatic carbocycles. The molecule has 1 heterocycles. The average Bonchev–Trinajstić information content (AvgIpc) is 2.04. The highest BCUT2D eigenvalue weighted by Gasteiger charge is 2.03. The zero-order valence-corrected chi connectivity index (χ0v) is 6.75. The van der Waals surface area contributed by atoms with Gasteiger partial charge in [0.2, 0.25) is 0 Å². The molecule has 0 saturated heterocycles. The Balaban J connectivity index is 2.73. The average molecular weight is 142 g/mol. The molecule has 0 saturated carbocycles. The van der Waals surface area contributed by atoms with Crippen LogP contribution in [-0.2, 0) is 0 Å². The molecule has 0 bridgehead atoms. The first-order valence-corrected chi connectivity index (χ1v) is 4.13. The molecule has 0 aliphatic carbocycles. The highest BCUT2D eigenvalue weighted by atomic mass is 13.9. The molecule has 1 aromatic rings. The molecule has 54 valence electrons. The van der Waals surface area contributed by atoms with Crippen molar-refractivity contribution in [3.63, 3.8) is 0 Å². The summed E-state index contributed by atoms with van der Waals surface area (Å²) in [5.41, 5.74) is 0. The van der Waals surface area contributed by atoms with Crippen molar-refractivity contribution < 1.29 is 0 Å². The third kappa shape index (κ3) is 1.23. The van der Waals surface area contributed by atoms with Crippen molar-refractivity contribution in [1.29, 1.82) is 0 Å². The van der Waals surface area contributed by atoms with Gasteiger partial charge < -0.3 is 0 Å². The van der Waals surface area contributed by atoms with Crippen LogP contribution in [-0.4, -0.2) is 6.71 Å². The van der Waals surface area contributed by atoms with Crippen molar-refractivity contribution in [3.05, 3.63) is 34.7 Å². The monoisotopic (exact) mass is 142 g/mol. The minimum absolute atomic E-state index is 0.713. The van der Waals surface area contributed by atoms with Crippen molar-refractivity contribution >= 4 is 18.8 Å². The van der Waals surface area contributed by atoms with Crippen LogP contribution in [0.15, 0.2) is 24.3 Å².